The lowest BCUT2D eigenvalue weighted by Gasteiger charge is -1.97. The van der Waals surface area contributed by atoms with E-state index in [1.54, 1.807) is 0 Å². The molecule has 0 bridgehead atoms. The average Bonchev–Trinajstić information content (AvgIpc) is 1.98. The standard InChI is InChI=1S/C7H13O2S/c1-3-7(8)10-6-5-9-4-2/h2-6H2,1H3. The normalized spacial score (nSPS) is 9.80. The Bertz CT molecular complexity index is 93.6. The largest absolute Gasteiger partial charge is 0.381 e. The molecule has 0 saturated heterocycles. The Balaban J connectivity index is 2.96. The predicted molar refractivity (Wildman–Crippen MR) is 43.9 cm³/mol. The van der Waals surface area contributed by atoms with Gasteiger partial charge in [-0.25, -0.2) is 0 Å². The Kier molecular flexibility index (Phi) is 7.08. The maximum absolute atomic E-state index is 10.7. The molecule has 0 aliphatic rings. The number of rotatable bonds is 5. The van der Waals surface area contributed by atoms with Gasteiger partial charge in [-0.05, 0) is 6.92 Å². The fourth-order valence-electron chi connectivity index (χ4n) is 0.419. The summed E-state index contributed by atoms with van der Waals surface area (Å²) in [6.45, 7) is 6.48. The molecule has 0 aliphatic heterocycles. The minimum absolute atomic E-state index is 0.229. The quantitative estimate of drug-likeness (QED) is 0.572. The van der Waals surface area contributed by atoms with E-state index in [0.717, 1.165) is 5.75 Å². The lowest BCUT2D eigenvalue weighted by molar-refractivity contribution is -0.110. The van der Waals surface area contributed by atoms with E-state index in [1.807, 2.05) is 6.92 Å². The molecule has 2 nitrogen and oxygen atoms in total. The molecule has 0 aromatic carbocycles. The molecule has 0 fully saturated rings. The predicted octanol–water partition coefficient (Wildman–Crippen LogP) is 1.51. The van der Waals surface area contributed by atoms with Crippen LogP contribution in [0.4, 0.5) is 0 Å². The lowest BCUT2D eigenvalue weighted by Crippen LogP contribution is -1.99. The summed E-state index contributed by atoms with van der Waals surface area (Å²) in [5.41, 5.74) is 0. The van der Waals surface area contributed by atoms with E-state index < -0.39 is 0 Å². The van der Waals surface area contributed by atoms with Crippen LogP contribution in [0.15, 0.2) is 0 Å². The molecule has 0 rings (SSSR count). The van der Waals surface area contributed by atoms with Crippen LogP contribution in [0.2, 0.25) is 0 Å². The van der Waals surface area contributed by atoms with E-state index in [9.17, 15) is 4.79 Å². The number of carbonyl (C=O) groups is 1. The molecule has 0 aromatic rings. The van der Waals surface area contributed by atoms with Crippen molar-refractivity contribution >= 4 is 16.9 Å². The molecule has 1 radical (unpaired) electrons. The van der Waals surface area contributed by atoms with Crippen LogP contribution in [0.3, 0.4) is 0 Å². The monoisotopic (exact) mass is 161 g/mol. The van der Waals surface area contributed by atoms with Crippen molar-refractivity contribution in [2.24, 2.45) is 0 Å². The van der Waals surface area contributed by atoms with Gasteiger partial charge in [-0.15, -0.1) is 0 Å². The molecular formula is C7H13O2S. The summed E-state index contributed by atoms with van der Waals surface area (Å²) in [5, 5.41) is 0.229. The van der Waals surface area contributed by atoms with E-state index >= 15 is 0 Å². The van der Waals surface area contributed by atoms with Crippen LogP contribution in [0.1, 0.15) is 13.3 Å². The van der Waals surface area contributed by atoms with Crippen molar-refractivity contribution in [3.05, 3.63) is 6.92 Å². The van der Waals surface area contributed by atoms with Crippen molar-refractivity contribution in [2.45, 2.75) is 13.3 Å². The molecule has 0 aromatic heterocycles. The Hall–Kier alpha value is -0.0200. The SMILES string of the molecule is [CH2]COCCSC(=O)CC. The van der Waals surface area contributed by atoms with E-state index in [1.165, 1.54) is 11.8 Å². The van der Waals surface area contributed by atoms with Crippen molar-refractivity contribution in [1.82, 2.24) is 0 Å². The van der Waals surface area contributed by atoms with Gasteiger partial charge < -0.3 is 4.74 Å². The summed E-state index contributed by atoms with van der Waals surface area (Å²) in [4.78, 5) is 10.7. The smallest absolute Gasteiger partial charge is 0.188 e. The molecule has 10 heavy (non-hydrogen) atoms. The number of thioether (sulfide) groups is 1. The van der Waals surface area contributed by atoms with Gasteiger partial charge in [0.15, 0.2) is 5.12 Å². The maximum atomic E-state index is 10.7. The number of ether oxygens (including phenoxy) is 1. The topological polar surface area (TPSA) is 26.3 Å². The van der Waals surface area contributed by atoms with Gasteiger partial charge in [0.05, 0.1) is 6.61 Å². The van der Waals surface area contributed by atoms with E-state index in [0.29, 0.717) is 19.6 Å². The first-order chi connectivity index (χ1) is 4.81. The molecule has 59 valence electrons. The van der Waals surface area contributed by atoms with Crippen LogP contribution in [-0.4, -0.2) is 24.1 Å². The van der Waals surface area contributed by atoms with Crippen LogP contribution >= 0.6 is 11.8 Å². The zero-order valence-corrected chi connectivity index (χ0v) is 7.08. The zero-order valence-electron chi connectivity index (χ0n) is 6.26. The second-order valence-corrected chi connectivity index (χ2v) is 2.84. The van der Waals surface area contributed by atoms with Crippen molar-refractivity contribution in [3.8, 4) is 0 Å². The van der Waals surface area contributed by atoms with E-state index in [-0.39, 0.29) is 5.12 Å². The number of carbonyl (C=O) groups excluding carboxylic acids is 1. The highest BCUT2D eigenvalue weighted by atomic mass is 32.2. The third-order valence-electron chi connectivity index (χ3n) is 0.924. The van der Waals surface area contributed by atoms with Gasteiger partial charge in [0.25, 0.3) is 0 Å². The van der Waals surface area contributed by atoms with E-state index in [2.05, 4.69) is 6.92 Å². The summed E-state index contributed by atoms with van der Waals surface area (Å²) in [5.74, 6) is 0.752. The van der Waals surface area contributed by atoms with Gasteiger partial charge in [0.2, 0.25) is 0 Å². The molecule has 0 atom stereocenters. The van der Waals surface area contributed by atoms with Gasteiger partial charge >= 0.3 is 0 Å². The molecular weight excluding hydrogens is 148 g/mol. The second kappa shape index (κ2) is 7.09. The van der Waals surface area contributed by atoms with Gasteiger partial charge in [-0.2, -0.15) is 0 Å². The third-order valence-corrected chi connectivity index (χ3v) is 1.91. The van der Waals surface area contributed by atoms with E-state index in [4.69, 9.17) is 4.74 Å². The summed E-state index contributed by atoms with van der Waals surface area (Å²) in [7, 11) is 0. The maximum Gasteiger partial charge on any atom is 0.188 e. The van der Waals surface area contributed by atoms with Gasteiger partial charge in [0.1, 0.15) is 0 Å². The minimum Gasteiger partial charge on any atom is -0.381 e. The average molecular weight is 161 g/mol. The Morgan fingerprint density at radius 3 is 2.90 bits per heavy atom. The van der Waals surface area contributed by atoms with Gasteiger partial charge in [-0.3, -0.25) is 4.79 Å². The molecule has 0 N–H and O–H groups in total. The molecule has 0 unspecified atom stereocenters. The summed E-state index contributed by atoms with van der Waals surface area (Å²) < 4.78 is 4.94. The summed E-state index contributed by atoms with van der Waals surface area (Å²) in [6, 6.07) is 0. The summed E-state index contributed by atoms with van der Waals surface area (Å²) in [6.07, 6.45) is 0.606. The van der Waals surface area contributed by atoms with Gasteiger partial charge in [0, 0.05) is 18.8 Å². The molecule has 0 amide bonds. The highest BCUT2D eigenvalue weighted by Crippen LogP contribution is 2.03. The van der Waals surface area contributed by atoms with Crippen LogP contribution in [0, 0.1) is 6.92 Å². The molecule has 0 saturated carbocycles. The molecule has 3 heteroatoms. The minimum atomic E-state index is 0.229. The first kappa shape index (κ1) is 9.98. The van der Waals surface area contributed by atoms with Crippen LogP contribution in [-0.2, 0) is 9.53 Å². The highest BCUT2D eigenvalue weighted by molar-refractivity contribution is 8.13. The van der Waals surface area contributed by atoms with Crippen molar-refractivity contribution in [3.63, 3.8) is 0 Å². The zero-order chi connectivity index (χ0) is 7.82. The first-order valence-electron chi connectivity index (χ1n) is 3.33. The van der Waals surface area contributed by atoms with Crippen molar-refractivity contribution < 1.29 is 9.53 Å². The third kappa shape index (κ3) is 6.11. The first-order valence-corrected chi connectivity index (χ1v) is 4.32. The fourth-order valence-corrected chi connectivity index (χ4v) is 1.05. The molecule has 0 spiro atoms. The molecule has 0 heterocycles. The van der Waals surface area contributed by atoms with Crippen molar-refractivity contribution in [2.75, 3.05) is 19.0 Å². The summed E-state index contributed by atoms with van der Waals surface area (Å²) >= 11 is 1.32. The van der Waals surface area contributed by atoms with Crippen LogP contribution < -0.4 is 0 Å². The Morgan fingerprint density at radius 2 is 2.40 bits per heavy atom. The Labute approximate surface area is 66.3 Å². The van der Waals surface area contributed by atoms with Crippen LogP contribution in [0.25, 0.3) is 0 Å². The number of hydrogen-bond acceptors (Lipinski definition) is 3. The Morgan fingerprint density at radius 1 is 1.70 bits per heavy atom. The molecule has 0 aliphatic carbocycles. The van der Waals surface area contributed by atoms with Crippen molar-refractivity contribution in [1.29, 1.82) is 0 Å². The van der Waals surface area contributed by atoms with Crippen LogP contribution in [0.5, 0.6) is 0 Å². The highest BCUT2D eigenvalue weighted by Gasteiger charge is 1.96. The fraction of sp³-hybridized carbons (Fsp3) is 0.714. The second-order valence-electron chi connectivity index (χ2n) is 1.69. The lowest BCUT2D eigenvalue weighted by atomic mass is 10.6. The van der Waals surface area contributed by atoms with Gasteiger partial charge in [-0.1, -0.05) is 18.7 Å². The number of hydrogen-bond donors (Lipinski definition) is 0.